The van der Waals surface area contributed by atoms with Crippen LogP contribution in [0.2, 0.25) is 0 Å². The zero-order valence-electron chi connectivity index (χ0n) is 17.9. The van der Waals surface area contributed by atoms with E-state index in [-0.39, 0.29) is 5.91 Å². The van der Waals surface area contributed by atoms with Gasteiger partial charge in [-0.05, 0) is 63.1 Å². The molecule has 0 aliphatic carbocycles. The first-order valence-electron chi connectivity index (χ1n) is 9.77. The van der Waals surface area contributed by atoms with Crippen molar-refractivity contribution in [3.63, 3.8) is 0 Å². The number of carbonyl (C=O) groups is 1. The number of likely N-dealkylation sites (N-methyl/N-ethyl adjacent to an activating group) is 1. The van der Waals surface area contributed by atoms with Gasteiger partial charge in [0, 0.05) is 12.2 Å². The van der Waals surface area contributed by atoms with E-state index in [0.29, 0.717) is 25.4 Å². The minimum absolute atomic E-state index is 0.00481. The van der Waals surface area contributed by atoms with Crippen LogP contribution in [0, 0.1) is 20.8 Å². The van der Waals surface area contributed by atoms with Crippen molar-refractivity contribution in [1.29, 1.82) is 0 Å². The summed E-state index contributed by atoms with van der Waals surface area (Å²) in [5.74, 6) is 1.44. The Kier molecular flexibility index (Phi) is 7.88. The molecule has 0 radical (unpaired) electrons. The van der Waals surface area contributed by atoms with E-state index >= 15 is 0 Å². The number of nitrogens with one attached hydrogen (secondary N) is 1. The molecule has 0 unspecified atom stereocenters. The third-order valence-electron chi connectivity index (χ3n) is 4.69. The molecule has 5 nitrogen and oxygen atoms in total. The lowest BCUT2D eigenvalue weighted by atomic mass is 10.1. The number of amides is 1. The SMILES string of the molecule is CCOc1ccc(CN(CC)CC(=O)Nc2c(C)cc(C)cc2C)cc1OC. The van der Waals surface area contributed by atoms with E-state index < -0.39 is 0 Å². The molecule has 2 aromatic carbocycles. The fraction of sp³-hybridized carbons (Fsp3) is 0.435. The molecule has 0 aromatic heterocycles. The second-order valence-electron chi connectivity index (χ2n) is 7.04. The normalized spacial score (nSPS) is 10.8. The van der Waals surface area contributed by atoms with Crippen LogP contribution in [0.3, 0.4) is 0 Å². The maximum Gasteiger partial charge on any atom is 0.238 e. The number of aryl methyl sites for hydroxylation is 3. The molecule has 0 heterocycles. The molecule has 0 spiro atoms. The lowest BCUT2D eigenvalue weighted by Crippen LogP contribution is -2.33. The molecule has 0 atom stereocenters. The molecule has 0 fully saturated rings. The van der Waals surface area contributed by atoms with Crippen molar-refractivity contribution in [2.75, 3.05) is 32.1 Å². The second-order valence-corrected chi connectivity index (χ2v) is 7.04. The molecular formula is C23H32N2O3. The van der Waals surface area contributed by atoms with Gasteiger partial charge in [-0.2, -0.15) is 0 Å². The molecule has 0 saturated heterocycles. The molecule has 0 saturated carbocycles. The van der Waals surface area contributed by atoms with Crippen molar-refractivity contribution in [2.24, 2.45) is 0 Å². The van der Waals surface area contributed by atoms with Crippen LogP contribution in [0.5, 0.6) is 11.5 Å². The molecule has 0 bridgehead atoms. The van der Waals surface area contributed by atoms with Crippen LogP contribution in [0.25, 0.3) is 0 Å². The first-order chi connectivity index (χ1) is 13.4. The number of ether oxygens (including phenoxy) is 2. The molecule has 0 aliphatic rings. The molecule has 0 aliphatic heterocycles. The minimum Gasteiger partial charge on any atom is -0.493 e. The highest BCUT2D eigenvalue weighted by Gasteiger charge is 2.14. The largest absolute Gasteiger partial charge is 0.493 e. The molecular weight excluding hydrogens is 352 g/mol. The zero-order valence-corrected chi connectivity index (χ0v) is 17.9. The summed E-state index contributed by atoms with van der Waals surface area (Å²) in [5.41, 5.74) is 5.37. The van der Waals surface area contributed by atoms with E-state index in [4.69, 9.17) is 9.47 Å². The first-order valence-corrected chi connectivity index (χ1v) is 9.77. The van der Waals surface area contributed by atoms with Gasteiger partial charge in [-0.25, -0.2) is 0 Å². The van der Waals surface area contributed by atoms with E-state index in [2.05, 4.69) is 36.2 Å². The van der Waals surface area contributed by atoms with E-state index in [1.54, 1.807) is 7.11 Å². The van der Waals surface area contributed by atoms with Crippen LogP contribution in [-0.2, 0) is 11.3 Å². The van der Waals surface area contributed by atoms with Gasteiger partial charge in [-0.3, -0.25) is 9.69 Å². The molecule has 2 aromatic rings. The van der Waals surface area contributed by atoms with Gasteiger partial charge in [0.15, 0.2) is 11.5 Å². The summed E-state index contributed by atoms with van der Waals surface area (Å²) < 4.78 is 11.0. The smallest absolute Gasteiger partial charge is 0.238 e. The molecule has 2 rings (SSSR count). The Morgan fingerprint density at radius 3 is 2.29 bits per heavy atom. The molecule has 28 heavy (non-hydrogen) atoms. The van der Waals surface area contributed by atoms with Gasteiger partial charge < -0.3 is 14.8 Å². The lowest BCUT2D eigenvalue weighted by molar-refractivity contribution is -0.117. The maximum atomic E-state index is 12.6. The molecule has 152 valence electrons. The minimum atomic E-state index is -0.00481. The number of carbonyl (C=O) groups excluding carboxylic acids is 1. The van der Waals surface area contributed by atoms with Gasteiger partial charge in [0.2, 0.25) is 5.91 Å². The Morgan fingerprint density at radius 1 is 1.04 bits per heavy atom. The van der Waals surface area contributed by atoms with Gasteiger partial charge in [0.05, 0.1) is 20.3 Å². The Bertz CT molecular complexity index is 794. The van der Waals surface area contributed by atoms with Gasteiger partial charge in [0.1, 0.15) is 0 Å². The van der Waals surface area contributed by atoms with E-state index in [9.17, 15) is 4.79 Å². The van der Waals surface area contributed by atoms with Crippen molar-refractivity contribution in [3.8, 4) is 11.5 Å². The zero-order chi connectivity index (χ0) is 20.7. The topological polar surface area (TPSA) is 50.8 Å². The highest BCUT2D eigenvalue weighted by atomic mass is 16.5. The van der Waals surface area contributed by atoms with Gasteiger partial charge in [-0.15, -0.1) is 0 Å². The average Bonchev–Trinajstić information content (AvgIpc) is 2.65. The Hall–Kier alpha value is -2.53. The summed E-state index contributed by atoms with van der Waals surface area (Å²) in [5, 5.41) is 3.08. The van der Waals surface area contributed by atoms with Crippen LogP contribution in [-0.4, -0.2) is 37.6 Å². The highest BCUT2D eigenvalue weighted by molar-refractivity contribution is 5.93. The Balaban J connectivity index is 2.05. The Labute approximate surface area is 168 Å². The predicted molar refractivity (Wildman–Crippen MR) is 114 cm³/mol. The van der Waals surface area contributed by atoms with Crippen molar-refractivity contribution >= 4 is 11.6 Å². The van der Waals surface area contributed by atoms with Crippen LogP contribution < -0.4 is 14.8 Å². The molecule has 1 N–H and O–H groups in total. The van der Waals surface area contributed by atoms with Gasteiger partial charge in [0.25, 0.3) is 0 Å². The van der Waals surface area contributed by atoms with Crippen LogP contribution in [0.4, 0.5) is 5.69 Å². The number of anilines is 1. The summed E-state index contributed by atoms with van der Waals surface area (Å²) in [7, 11) is 1.64. The first kappa shape index (κ1) is 21.8. The van der Waals surface area contributed by atoms with Crippen LogP contribution in [0.1, 0.15) is 36.1 Å². The summed E-state index contributed by atoms with van der Waals surface area (Å²) in [6, 6.07) is 10.1. The maximum absolute atomic E-state index is 12.6. The van der Waals surface area contributed by atoms with Crippen molar-refractivity contribution in [3.05, 3.63) is 52.6 Å². The predicted octanol–water partition coefficient (Wildman–Crippen LogP) is 4.48. The van der Waals surface area contributed by atoms with E-state index in [1.807, 2.05) is 39.0 Å². The quantitative estimate of drug-likeness (QED) is 0.693. The molecule has 5 heteroatoms. The monoisotopic (exact) mass is 384 g/mol. The van der Waals surface area contributed by atoms with Crippen molar-refractivity contribution in [2.45, 2.75) is 41.2 Å². The fourth-order valence-corrected chi connectivity index (χ4v) is 3.38. The average molecular weight is 385 g/mol. The highest BCUT2D eigenvalue weighted by Crippen LogP contribution is 2.28. The van der Waals surface area contributed by atoms with Crippen molar-refractivity contribution < 1.29 is 14.3 Å². The number of nitrogens with zero attached hydrogens (tertiary/aromatic N) is 1. The summed E-state index contributed by atoms with van der Waals surface area (Å²) in [4.78, 5) is 14.7. The molecule has 1 amide bonds. The number of rotatable bonds is 9. The third-order valence-corrected chi connectivity index (χ3v) is 4.69. The van der Waals surface area contributed by atoms with E-state index in [0.717, 1.165) is 34.7 Å². The fourth-order valence-electron chi connectivity index (χ4n) is 3.38. The second kappa shape index (κ2) is 10.1. The van der Waals surface area contributed by atoms with Gasteiger partial charge in [-0.1, -0.05) is 30.7 Å². The summed E-state index contributed by atoms with van der Waals surface area (Å²) >= 11 is 0. The van der Waals surface area contributed by atoms with E-state index in [1.165, 1.54) is 5.56 Å². The van der Waals surface area contributed by atoms with Crippen molar-refractivity contribution in [1.82, 2.24) is 4.90 Å². The number of benzene rings is 2. The number of hydrogen-bond acceptors (Lipinski definition) is 4. The number of hydrogen-bond donors (Lipinski definition) is 1. The van der Waals surface area contributed by atoms with Crippen LogP contribution in [0.15, 0.2) is 30.3 Å². The number of methoxy groups -OCH3 is 1. The standard InChI is InChI=1S/C23H32N2O3/c1-7-25(14-19-9-10-20(28-8-2)21(13-19)27-6)15-22(26)24-23-17(4)11-16(3)12-18(23)5/h9-13H,7-8,14-15H2,1-6H3,(H,24,26). The van der Waals surface area contributed by atoms with Gasteiger partial charge >= 0.3 is 0 Å². The summed E-state index contributed by atoms with van der Waals surface area (Å²) in [6.07, 6.45) is 0. The van der Waals surface area contributed by atoms with Crippen LogP contribution >= 0.6 is 0 Å². The summed E-state index contributed by atoms with van der Waals surface area (Å²) in [6.45, 7) is 12.5. The third kappa shape index (κ3) is 5.73. The Morgan fingerprint density at radius 2 is 1.71 bits per heavy atom. The lowest BCUT2D eigenvalue weighted by Gasteiger charge is -2.21.